The molecule has 2 aromatic rings. The smallest absolute Gasteiger partial charge is 0.227 e. The van der Waals surface area contributed by atoms with Gasteiger partial charge >= 0.3 is 0 Å². The van der Waals surface area contributed by atoms with E-state index in [-0.39, 0.29) is 0 Å². The lowest BCUT2D eigenvalue weighted by atomic mass is 10.2. The summed E-state index contributed by atoms with van der Waals surface area (Å²) in [4.78, 5) is 8.58. The molecule has 5 heteroatoms. The van der Waals surface area contributed by atoms with Gasteiger partial charge in [-0.2, -0.15) is 4.98 Å². The number of pyridine rings is 1. The van der Waals surface area contributed by atoms with Gasteiger partial charge in [-0.05, 0) is 44.0 Å². The fourth-order valence-corrected chi connectivity index (χ4v) is 1.72. The predicted octanol–water partition coefficient (Wildman–Crippen LogP) is 2.11. The van der Waals surface area contributed by atoms with Crippen LogP contribution in [-0.2, 0) is 6.42 Å². The SMILES string of the molecule is Cc1ccnc(-c2noc(CCCCCN)n2)c1. The number of hydrogen-bond donors (Lipinski definition) is 1. The van der Waals surface area contributed by atoms with Crippen LogP contribution in [0.1, 0.15) is 30.7 Å². The van der Waals surface area contributed by atoms with Gasteiger partial charge in [0.25, 0.3) is 0 Å². The topological polar surface area (TPSA) is 77.8 Å². The van der Waals surface area contributed by atoms with Crippen LogP contribution < -0.4 is 5.73 Å². The van der Waals surface area contributed by atoms with Crippen LogP contribution in [0.15, 0.2) is 22.9 Å². The number of unbranched alkanes of at least 4 members (excludes halogenated alkanes) is 2. The lowest BCUT2D eigenvalue weighted by Crippen LogP contribution is -1.98. The van der Waals surface area contributed by atoms with Crippen LogP contribution in [-0.4, -0.2) is 21.7 Å². The van der Waals surface area contributed by atoms with Crippen molar-refractivity contribution >= 4 is 0 Å². The van der Waals surface area contributed by atoms with Crippen LogP contribution in [0.3, 0.4) is 0 Å². The summed E-state index contributed by atoms with van der Waals surface area (Å²) in [5, 5.41) is 3.95. The zero-order valence-corrected chi connectivity index (χ0v) is 10.6. The number of hydrogen-bond acceptors (Lipinski definition) is 5. The van der Waals surface area contributed by atoms with Crippen LogP contribution in [0.5, 0.6) is 0 Å². The van der Waals surface area contributed by atoms with Gasteiger partial charge in [-0.25, -0.2) is 0 Å². The van der Waals surface area contributed by atoms with Gasteiger partial charge < -0.3 is 10.3 Å². The third-order valence-electron chi connectivity index (χ3n) is 2.71. The highest BCUT2D eigenvalue weighted by Crippen LogP contribution is 2.15. The summed E-state index contributed by atoms with van der Waals surface area (Å²) in [6.45, 7) is 2.75. The summed E-state index contributed by atoms with van der Waals surface area (Å²) < 4.78 is 5.21. The molecule has 18 heavy (non-hydrogen) atoms. The maximum Gasteiger partial charge on any atom is 0.227 e. The number of nitrogens with two attached hydrogens (primary N) is 1. The second-order valence-corrected chi connectivity index (χ2v) is 4.33. The van der Waals surface area contributed by atoms with Gasteiger partial charge in [0, 0.05) is 12.6 Å². The Labute approximate surface area is 106 Å². The largest absolute Gasteiger partial charge is 0.339 e. The fraction of sp³-hybridized carbons (Fsp3) is 0.462. The molecule has 0 atom stereocenters. The average Bonchev–Trinajstić information content (AvgIpc) is 2.83. The number of aromatic nitrogens is 3. The van der Waals surface area contributed by atoms with Crippen LogP contribution in [0.2, 0.25) is 0 Å². The lowest BCUT2D eigenvalue weighted by molar-refractivity contribution is 0.374. The second kappa shape index (κ2) is 6.26. The van der Waals surface area contributed by atoms with Crippen molar-refractivity contribution in [1.29, 1.82) is 0 Å². The molecule has 0 bridgehead atoms. The van der Waals surface area contributed by atoms with E-state index >= 15 is 0 Å². The van der Waals surface area contributed by atoms with Crippen LogP contribution >= 0.6 is 0 Å². The second-order valence-electron chi connectivity index (χ2n) is 4.33. The van der Waals surface area contributed by atoms with E-state index in [2.05, 4.69) is 15.1 Å². The van der Waals surface area contributed by atoms with Crippen molar-refractivity contribution in [3.8, 4) is 11.5 Å². The Hall–Kier alpha value is -1.75. The third-order valence-corrected chi connectivity index (χ3v) is 2.71. The number of nitrogens with zero attached hydrogens (tertiary/aromatic N) is 3. The van der Waals surface area contributed by atoms with Crippen molar-refractivity contribution in [3.63, 3.8) is 0 Å². The van der Waals surface area contributed by atoms with Crippen molar-refractivity contribution in [2.45, 2.75) is 32.6 Å². The summed E-state index contributed by atoms with van der Waals surface area (Å²) in [7, 11) is 0. The highest BCUT2D eigenvalue weighted by atomic mass is 16.5. The molecule has 2 aromatic heterocycles. The standard InChI is InChI=1S/C13H18N4O/c1-10-6-8-15-11(9-10)13-16-12(18-17-13)5-3-2-4-7-14/h6,8-9H,2-5,7,14H2,1H3. The minimum absolute atomic E-state index is 0.563. The van der Waals surface area contributed by atoms with Crippen molar-refractivity contribution in [2.75, 3.05) is 6.54 Å². The maximum absolute atomic E-state index is 5.44. The molecular formula is C13H18N4O. The monoisotopic (exact) mass is 246 g/mol. The van der Waals surface area contributed by atoms with E-state index in [0.717, 1.165) is 43.5 Å². The minimum Gasteiger partial charge on any atom is -0.339 e. The molecule has 0 spiro atoms. The normalized spacial score (nSPS) is 10.8. The number of aryl methyl sites for hydroxylation is 2. The number of rotatable bonds is 6. The van der Waals surface area contributed by atoms with Crippen LogP contribution in [0.4, 0.5) is 0 Å². The molecule has 5 nitrogen and oxygen atoms in total. The molecule has 0 aliphatic heterocycles. The van der Waals surface area contributed by atoms with Crippen molar-refractivity contribution < 1.29 is 4.52 Å². The summed E-state index contributed by atoms with van der Waals surface area (Å²) in [5.74, 6) is 1.23. The van der Waals surface area contributed by atoms with E-state index in [9.17, 15) is 0 Å². The van der Waals surface area contributed by atoms with Crippen molar-refractivity contribution in [1.82, 2.24) is 15.1 Å². The maximum atomic E-state index is 5.44. The van der Waals surface area contributed by atoms with Crippen molar-refractivity contribution in [2.24, 2.45) is 5.73 Å². The van der Waals surface area contributed by atoms with E-state index in [0.29, 0.717) is 11.7 Å². The Morgan fingerprint density at radius 1 is 1.28 bits per heavy atom. The molecule has 0 radical (unpaired) electrons. The molecule has 0 aromatic carbocycles. The Balaban J connectivity index is 1.97. The first kappa shape index (κ1) is 12.7. The average molecular weight is 246 g/mol. The van der Waals surface area contributed by atoms with E-state index in [1.54, 1.807) is 6.20 Å². The van der Waals surface area contributed by atoms with E-state index in [4.69, 9.17) is 10.3 Å². The molecule has 96 valence electrons. The highest BCUT2D eigenvalue weighted by molar-refractivity contribution is 5.48. The van der Waals surface area contributed by atoms with Gasteiger partial charge in [0.2, 0.25) is 11.7 Å². The minimum atomic E-state index is 0.563. The Kier molecular flexibility index (Phi) is 4.41. The highest BCUT2D eigenvalue weighted by Gasteiger charge is 2.09. The van der Waals surface area contributed by atoms with Crippen molar-refractivity contribution in [3.05, 3.63) is 29.8 Å². The van der Waals surface area contributed by atoms with E-state index in [1.807, 2.05) is 19.1 Å². The lowest BCUT2D eigenvalue weighted by Gasteiger charge is -1.95. The summed E-state index contributed by atoms with van der Waals surface area (Å²) in [5.41, 5.74) is 7.33. The summed E-state index contributed by atoms with van der Waals surface area (Å²) in [6, 6.07) is 3.89. The molecule has 2 heterocycles. The molecule has 0 aliphatic carbocycles. The quantitative estimate of drug-likeness (QED) is 0.790. The fourth-order valence-electron chi connectivity index (χ4n) is 1.72. The molecule has 0 fully saturated rings. The Morgan fingerprint density at radius 3 is 2.94 bits per heavy atom. The Morgan fingerprint density at radius 2 is 2.17 bits per heavy atom. The summed E-state index contributed by atoms with van der Waals surface area (Å²) >= 11 is 0. The van der Waals surface area contributed by atoms with E-state index in [1.165, 1.54) is 0 Å². The molecule has 2 N–H and O–H groups in total. The first-order chi connectivity index (χ1) is 8.79. The molecule has 0 aliphatic rings. The summed E-state index contributed by atoms with van der Waals surface area (Å²) in [6.07, 6.45) is 5.72. The van der Waals surface area contributed by atoms with Gasteiger partial charge in [-0.3, -0.25) is 4.98 Å². The first-order valence-corrected chi connectivity index (χ1v) is 6.25. The Bertz CT molecular complexity index is 495. The molecule has 0 saturated carbocycles. The predicted molar refractivity (Wildman–Crippen MR) is 68.9 cm³/mol. The van der Waals surface area contributed by atoms with Gasteiger partial charge in [0.05, 0.1) is 0 Å². The van der Waals surface area contributed by atoms with Gasteiger partial charge in [0.1, 0.15) is 5.69 Å². The first-order valence-electron chi connectivity index (χ1n) is 6.25. The van der Waals surface area contributed by atoms with Crippen LogP contribution in [0.25, 0.3) is 11.5 Å². The van der Waals surface area contributed by atoms with E-state index < -0.39 is 0 Å². The van der Waals surface area contributed by atoms with Gasteiger partial charge in [-0.1, -0.05) is 11.6 Å². The molecule has 0 amide bonds. The van der Waals surface area contributed by atoms with Gasteiger partial charge in [0.15, 0.2) is 0 Å². The molecule has 2 rings (SSSR count). The molecule has 0 saturated heterocycles. The zero-order valence-electron chi connectivity index (χ0n) is 10.6. The third kappa shape index (κ3) is 3.37. The van der Waals surface area contributed by atoms with Gasteiger partial charge in [-0.15, -0.1) is 0 Å². The zero-order chi connectivity index (χ0) is 12.8. The molecular weight excluding hydrogens is 228 g/mol. The van der Waals surface area contributed by atoms with Crippen LogP contribution in [0, 0.1) is 6.92 Å². The molecule has 0 unspecified atom stereocenters.